The zero-order valence-corrected chi connectivity index (χ0v) is 15.6. The summed E-state index contributed by atoms with van der Waals surface area (Å²) >= 11 is 0. The molecule has 7 heteroatoms. The number of halogens is 1. The molecular weight excluding hydrogens is 359 g/mol. The van der Waals surface area contributed by atoms with E-state index in [0.717, 1.165) is 31.7 Å². The molecule has 1 amide bonds. The van der Waals surface area contributed by atoms with Crippen LogP contribution in [0.5, 0.6) is 0 Å². The number of aromatic amines is 1. The van der Waals surface area contributed by atoms with Crippen molar-refractivity contribution in [1.82, 2.24) is 20.0 Å². The van der Waals surface area contributed by atoms with Gasteiger partial charge in [0.05, 0.1) is 11.1 Å². The van der Waals surface area contributed by atoms with Crippen LogP contribution in [0.1, 0.15) is 21.6 Å². The van der Waals surface area contributed by atoms with Crippen molar-refractivity contribution in [2.75, 3.05) is 33.2 Å². The van der Waals surface area contributed by atoms with Crippen molar-refractivity contribution in [2.24, 2.45) is 0 Å². The standard InChI is InChI=1S/C21H21FN4O2/c1-25-9-11-26(12-10-25)21(28)15-7-5-14(6-8-15)13-18-16-3-2-4-17(22)19(16)20(27)24-23-18/h2-8H,9-13H2,1H3,(H,24,27). The van der Waals surface area contributed by atoms with Gasteiger partial charge >= 0.3 is 0 Å². The van der Waals surface area contributed by atoms with Gasteiger partial charge in [0.1, 0.15) is 5.82 Å². The first-order valence-electron chi connectivity index (χ1n) is 9.25. The Morgan fingerprint density at radius 2 is 1.82 bits per heavy atom. The predicted octanol–water partition coefficient (Wildman–Crippen LogP) is 2.04. The van der Waals surface area contributed by atoms with E-state index in [9.17, 15) is 14.0 Å². The van der Waals surface area contributed by atoms with Crippen molar-refractivity contribution >= 4 is 16.7 Å². The number of piperazine rings is 1. The van der Waals surface area contributed by atoms with Crippen LogP contribution in [-0.2, 0) is 6.42 Å². The van der Waals surface area contributed by atoms with E-state index in [2.05, 4.69) is 22.1 Å². The van der Waals surface area contributed by atoms with Gasteiger partial charge in [-0.15, -0.1) is 0 Å². The van der Waals surface area contributed by atoms with Crippen LogP contribution in [-0.4, -0.2) is 59.1 Å². The van der Waals surface area contributed by atoms with Gasteiger partial charge in [0.15, 0.2) is 0 Å². The second-order valence-corrected chi connectivity index (χ2v) is 7.13. The summed E-state index contributed by atoms with van der Waals surface area (Å²) in [5.41, 5.74) is 1.64. The van der Waals surface area contributed by atoms with Crippen molar-refractivity contribution in [3.05, 3.63) is 75.5 Å². The van der Waals surface area contributed by atoms with E-state index in [1.54, 1.807) is 12.1 Å². The van der Waals surface area contributed by atoms with Crippen LogP contribution >= 0.6 is 0 Å². The molecule has 0 aliphatic carbocycles. The molecule has 0 bridgehead atoms. The summed E-state index contributed by atoms with van der Waals surface area (Å²) in [5.74, 6) is -0.523. The third kappa shape index (κ3) is 3.53. The van der Waals surface area contributed by atoms with Gasteiger partial charge in [-0.3, -0.25) is 9.59 Å². The largest absolute Gasteiger partial charge is 0.336 e. The number of amides is 1. The number of aromatic nitrogens is 2. The Hall–Kier alpha value is -3.06. The monoisotopic (exact) mass is 380 g/mol. The summed E-state index contributed by atoms with van der Waals surface area (Å²) in [4.78, 5) is 28.6. The molecule has 144 valence electrons. The molecule has 0 spiro atoms. The molecule has 2 heterocycles. The highest BCUT2D eigenvalue weighted by Crippen LogP contribution is 2.19. The Bertz CT molecular complexity index is 1070. The lowest BCUT2D eigenvalue weighted by Gasteiger charge is -2.32. The number of carbonyl (C=O) groups excluding carboxylic acids is 1. The summed E-state index contributed by atoms with van der Waals surface area (Å²) in [6.45, 7) is 3.22. The van der Waals surface area contributed by atoms with Gasteiger partial charge in [-0.25, -0.2) is 9.49 Å². The zero-order chi connectivity index (χ0) is 19.7. The number of carbonyl (C=O) groups is 1. The summed E-state index contributed by atoms with van der Waals surface area (Å²) in [7, 11) is 2.05. The SMILES string of the molecule is CN1CCN(C(=O)c2ccc(Cc3n[nH]c(=O)c4c(F)cccc34)cc2)CC1. The van der Waals surface area contributed by atoms with Crippen LogP contribution in [0.15, 0.2) is 47.3 Å². The molecule has 1 aliphatic heterocycles. The molecule has 0 atom stereocenters. The number of H-pyrrole nitrogens is 1. The van der Waals surface area contributed by atoms with Crippen LogP contribution < -0.4 is 5.56 Å². The van der Waals surface area contributed by atoms with Gasteiger partial charge in [-0.2, -0.15) is 5.10 Å². The molecule has 2 aromatic carbocycles. The number of nitrogens with one attached hydrogen (secondary N) is 1. The number of nitrogens with zero attached hydrogens (tertiary/aromatic N) is 3. The number of likely N-dealkylation sites (N-methyl/N-ethyl adjacent to an activating group) is 1. The lowest BCUT2D eigenvalue weighted by atomic mass is 10.0. The van der Waals surface area contributed by atoms with E-state index in [1.807, 2.05) is 29.2 Å². The number of rotatable bonds is 3. The van der Waals surface area contributed by atoms with E-state index in [1.165, 1.54) is 6.07 Å². The maximum atomic E-state index is 14.0. The van der Waals surface area contributed by atoms with E-state index >= 15 is 0 Å². The first kappa shape index (κ1) is 18.3. The van der Waals surface area contributed by atoms with Gasteiger partial charge in [0.2, 0.25) is 0 Å². The van der Waals surface area contributed by atoms with Crippen molar-refractivity contribution in [3.8, 4) is 0 Å². The lowest BCUT2D eigenvalue weighted by molar-refractivity contribution is 0.0664. The lowest BCUT2D eigenvalue weighted by Crippen LogP contribution is -2.47. The number of hydrogen-bond donors (Lipinski definition) is 1. The smallest absolute Gasteiger partial charge is 0.275 e. The Morgan fingerprint density at radius 1 is 1.11 bits per heavy atom. The molecule has 1 aliphatic rings. The zero-order valence-electron chi connectivity index (χ0n) is 15.6. The molecule has 1 N–H and O–H groups in total. The number of fused-ring (bicyclic) bond motifs is 1. The maximum absolute atomic E-state index is 14.0. The van der Waals surface area contributed by atoms with E-state index < -0.39 is 11.4 Å². The summed E-state index contributed by atoms with van der Waals surface area (Å²) in [5, 5.41) is 6.99. The number of benzene rings is 2. The minimum Gasteiger partial charge on any atom is -0.336 e. The first-order chi connectivity index (χ1) is 13.5. The second-order valence-electron chi connectivity index (χ2n) is 7.13. The van der Waals surface area contributed by atoms with Crippen LogP contribution in [0.4, 0.5) is 4.39 Å². The van der Waals surface area contributed by atoms with Gasteiger partial charge in [0, 0.05) is 43.5 Å². The Labute approximate surface area is 161 Å². The minimum atomic E-state index is -0.560. The molecule has 4 rings (SSSR count). The van der Waals surface area contributed by atoms with Crippen molar-refractivity contribution in [1.29, 1.82) is 0 Å². The van der Waals surface area contributed by atoms with Gasteiger partial charge < -0.3 is 9.80 Å². The number of hydrogen-bond acceptors (Lipinski definition) is 4. The van der Waals surface area contributed by atoms with Gasteiger partial charge in [-0.05, 0) is 30.8 Å². The van der Waals surface area contributed by atoms with Crippen LogP contribution in [0.3, 0.4) is 0 Å². The third-order valence-electron chi connectivity index (χ3n) is 5.21. The molecule has 3 aromatic rings. The highest BCUT2D eigenvalue weighted by atomic mass is 19.1. The van der Waals surface area contributed by atoms with Crippen molar-refractivity contribution in [3.63, 3.8) is 0 Å². The minimum absolute atomic E-state index is 0.0226. The fourth-order valence-electron chi connectivity index (χ4n) is 3.52. The average molecular weight is 380 g/mol. The molecule has 1 fully saturated rings. The van der Waals surface area contributed by atoms with E-state index in [-0.39, 0.29) is 11.3 Å². The fraction of sp³-hybridized carbons (Fsp3) is 0.286. The quantitative estimate of drug-likeness (QED) is 0.755. The molecule has 0 unspecified atom stereocenters. The molecule has 0 radical (unpaired) electrons. The Balaban J connectivity index is 1.55. The van der Waals surface area contributed by atoms with Gasteiger partial charge in [-0.1, -0.05) is 24.3 Å². The van der Waals surface area contributed by atoms with Crippen LogP contribution in [0.25, 0.3) is 10.8 Å². The van der Waals surface area contributed by atoms with Crippen LogP contribution in [0.2, 0.25) is 0 Å². The first-order valence-corrected chi connectivity index (χ1v) is 9.25. The molecule has 1 aromatic heterocycles. The highest BCUT2D eigenvalue weighted by molar-refractivity contribution is 5.94. The van der Waals surface area contributed by atoms with Crippen LogP contribution in [0, 0.1) is 5.82 Å². The molecule has 6 nitrogen and oxygen atoms in total. The maximum Gasteiger partial charge on any atom is 0.275 e. The predicted molar refractivity (Wildman–Crippen MR) is 105 cm³/mol. The van der Waals surface area contributed by atoms with Crippen molar-refractivity contribution < 1.29 is 9.18 Å². The fourth-order valence-corrected chi connectivity index (χ4v) is 3.52. The summed E-state index contributed by atoms with van der Waals surface area (Å²) in [6, 6.07) is 11.9. The summed E-state index contributed by atoms with van der Waals surface area (Å²) < 4.78 is 14.0. The molecule has 0 saturated carbocycles. The molecule has 1 saturated heterocycles. The molecular formula is C21H21FN4O2. The summed E-state index contributed by atoms with van der Waals surface area (Å²) in [6.07, 6.45) is 0.430. The Kier molecular flexibility index (Phi) is 4.92. The van der Waals surface area contributed by atoms with E-state index in [4.69, 9.17) is 0 Å². The Morgan fingerprint density at radius 3 is 2.54 bits per heavy atom. The van der Waals surface area contributed by atoms with Gasteiger partial charge in [0.25, 0.3) is 11.5 Å². The van der Waals surface area contributed by atoms with Crippen molar-refractivity contribution in [2.45, 2.75) is 6.42 Å². The van der Waals surface area contributed by atoms with E-state index in [0.29, 0.717) is 23.1 Å². The highest BCUT2D eigenvalue weighted by Gasteiger charge is 2.20. The topological polar surface area (TPSA) is 69.3 Å². The normalized spacial score (nSPS) is 15.1. The average Bonchev–Trinajstić information content (AvgIpc) is 2.71. The third-order valence-corrected chi connectivity index (χ3v) is 5.21. The molecule has 28 heavy (non-hydrogen) atoms. The second kappa shape index (κ2) is 7.52.